The van der Waals surface area contributed by atoms with Crippen molar-refractivity contribution in [1.29, 1.82) is 0 Å². The third kappa shape index (κ3) is 2.46. The van der Waals surface area contributed by atoms with Crippen molar-refractivity contribution in [2.24, 2.45) is 0 Å². The molecule has 1 aromatic carbocycles. The molecule has 0 nitrogen and oxygen atoms in total. The first-order valence-electron chi connectivity index (χ1n) is 3.27. The van der Waals surface area contributed by atoms with Crippen LogP contribution >= 0.6 is 31.9 Å². The Hall–Kier alpha value is -0.0800. The minimum atomic E-state index is 1.07. The first kappa shape index (κ1) is 9.01. The minimum absolute atomic E-state index is 1.07. The molecule has 0 N–H and O–H groups in total. The summed E-state index contributed by atoms with van der Waals surface area (Å²) in [6, 6.07) is 8.34. The van der Waals surface area contributed by atoms with Gasteiger partial charge in [-0.05, 0) is 33.4 Å². The van der Waals surface area contributed by atoms with Crippen LogP contribution in [0.3, 0.4) is 0 Å². The Kier molecular flexibility index (Phi) is 3.34. The van der Waals surface area contributed by atoms with Crippen molar-refractivity contribution in [1.82, 2.24) is 0 Å². The molecule has 0 heterocycles. The van der Waals surface area contributed by atoms with Crippen molar-refractivity contribution < 1.29 is 0 Å². The maximum atomic E-state index is 3.42. The van der Waals surface area contributed by atoms with E-state index in [9.17, 15) is 0 Å². The van der Waals surface area contributed by atoms with Crippen LogP contribution in [0, 0.1) is 6.92 Å². The van der Waals surface area contributed by atoms with Gasteiger partial charge in [0.05, 0.1) is 0 Å². The predicted octanol–water partition coefficient (Wildman–Crippen LogP) is 4.08. The van der Waals surface area contributed by atoms with E-state index in [0.29, 0.717) is 0 Å². The summed E-state index contributed by atoms with van der Waals surface area (Å²) in [7, 11) is 0. The molecule has 1 rings (SSSR count). The second kappa shape index (κ2) is 4.07. The molecule has 0 aliphatic rings. The molecule has 0 unspecified atom stereocenters. The van der Waals surface area contributed by atoms with Crippen LogP contribution in [0.1, 0.15) is 11.1 Å². The van der Waals surface area contributed by atoms with Crippen molar-refractivity contribution in [3.8, 4) is 0 Å². The largest absolute Gasteiger partial charge is 0.0587 e. The van der Waals surface area contributed by atoms with Crippen molar-refractivity contribution in [2.45, 2.75) is 6.92 Å². The molecule has 0 aromatic heterocycles. The topological polar surface area (TPSA) is 0 Å². The lowest BCUT2D eigenvalue weighted by molar-refractivity contribution is 1.46. The van der Waals surface area contributed by atoms with Crippen LogP contribution in [-0.2, 0) is 0 Å². The number of aryl methyl sites for hydroxylation is 1. The molecule has 0 saturated carbocycles. The van der Waals surface area contributed by atoms with Gasteiger partial charge in [0.2, 0.25) is 0 Å². The lowest BCUT2D eigenvalue weighted by atomic mass is 10.1. The van der Waals surface area contributed by atoms with Gasteiger partial charge in [-0.15, -0.1) is 0 Å². The summed E-state index contributed by atoms with van der Waals surface area (Å²) < 4.78 is 1.07. The number of hydrogen-bond acceptors (Lipinski definition) is 0. The second-order valence-electron chi connectivity index (χ2n) is 2.32. The molecule has 58 valence electrons. The summed E-state index contributed by atoms with van der Waals surface area (Å²) >= 11 is 6.68. The zero-order valence-electron chi connectivity index (χ0n) is 6.14. The highest BCUT2D eigenvalue weighted by Crippen LogP contribution is 2.22. The number of halogens is 2. The molecule has 11 heavy (non-hydrogen) atoms. The molecule has 0 saturated heterocycles. The van der Waals surface area contributed by atoms with E-state index in [2.05, 4.69) is 63.0 Å². The number of rotatable bonds is 1. The second-order valence-corrected chi connectivity index (χ2v) is 3.64. The molecule has 0 aliphatic carbocycles. The minimum Gasteiger partial charge on any atom is -0.0587 e. The summed E-state index contributed by atoms with van der Waals surface area (Å²) in [6.07, 6.45) is 0. The van der Waals surface area contributed by atoms with Crippen molar-refractivity contribution in [2.75, 3.05) is 0 Å². The Morgan fingerprint density at radius 3 is 2.27 bits per heavy atom. The molecular weight excluding hydrogens is 268 g/mol. The van der Waals surface area contributed by atoms with Crippen LogP contribution < -0.4 is 0 Å². The summed E-state index contributed by atoms with van der Waals surface area (Å²) in [5.74, 6) is 0. The van der Waals surface area contributed by atoms with Crippen molar-refractivity contribution in [3.05, 3.63) is 40.4 Å². The SMILES string of the molecule is Cc1ccc(C(Br)=CBr)cc1. The zero-order chi connectivity index (χ0) is 8.27. The highest BCUT2D eigenvalue weighted by atomic mass is 79.9. The van der Waals surface area contributed by atoms with E-state index in [0.717, 1.165) is 4.48 Å². The van der Waals surface area contributed by atoms with Gasteiger partial charge in [0.1, 0.15) is 0 Å². The van der Waals surface area contributed by atoms with Crippen molar-refractivity contribution in [3.63, 3.8) is 0 Å². The van der Waals surface area contributed by atoms with Gasteiger partial charge in [-0.3, -0.25) is 0 Å². The molecule has 0 radical (unpaired) electrons. The number of hydrogen-bond donors (Lipinski definition) is 0. The fourth-order valence-electron chi connectivity index (χ4n) is 0.776. The molecule has 0 fully saturated rings. The quantitative estimate of drug-likeness (QED) is 0.724. The summed E-state index contributed by atoms with van der Waals surface area (Å²) in [5.41, 5.74) is 2.47. The Labute approximate surface area is 83.6 Å². The van der Waals surface area contributed by atoms with Gasteiger partial charge in [-0.1, -0.05) is 45.8 Å². The smallest absolute Gasteiger partial charge is 0.0316 e. The van der Waals surface area contributed by atoms with Gasteiger partial charge in [0, 0.05) is 4.48 Å². The fourth-order valence-corrected chi connectivity index (χ4v) is 1.30. The third-order valence-electron chi connectivity index (χ3n) is 1.42. The molecule has 0 bridgehead atoms. The maximum Gasteiger partial charge on any atom is 0.0316 e. The standard InChI is InChI=1S/C9H8Br2/c1-7-2-4-8(5-3-7)9(11)6-10/h2-6H,1H3. The fraction of sp³-hybridized carbons (Fsp3) is 0.111. The monoisotopic (exact) mass is 274 g/mol. The van der Waals surface area contributed by atoms with E-state index < -0.39 is 0 Å². The van der Waals surface area contributed by atoms with Gasteiger partial charge in [-0.2, -0.15) is 0 Å². The first-order chi connectivity index (χ1) is 5.24. The third-order valence-corrected chi connectivity index (χ3v) is 3.18. The van der Waals surface area contributed by atoms with Crippen LogP contribution in [0.4, 0.5) is 0 Å². The Morgan fingerprint density at radius 1 is 1.27 bits per heavy atom. The summed E-state index contributed by atoms with van der Waals surface area (Å²) in [4.78, 5) is 1.86. The Morgan fingerprint density at radius 2 is 1.82 bits per heavy atom. The van der Waals surface area contributed by atoms with Gasteiger partial charge in [0.15, 0.2) is 0 Å². The predicted molar refractivity (Wildman–Crippen MR) is 57.0 cm³/mol. The number of benzene rings is 1. The summed E-state index contributed by atoms with van der Waals surface area (Å²) in [5, 5.41) is 0. The van der Waals surface area contributed by atoms with E-state index in [1.54, 1.807) is 0 Å². The van der Waals surface area contributed by atoms with E-state index >= 15 is 0 Å². The lowest BCUT2D eigenvalue weighted by Gasteiger charge is -1.97. The average molecular weight is 276 g/mol. The highest BCUT2D eigenvalue weighted by molar-refractivity contribution is 9.16. The average Bonchev–Trinajstić information content (AvgIpc) is 2.05. The highest BCUT2D eigenvalue weighted by Gasteiger charge is 1.93. The molecule has 0 amide bonds. The van der Waals surface area contributed by atoms with E-state index in [4.69, 9.17) is 0 Å². The van der Waals surface area contributed by atoms with E-state index in [-0.39, 0.29) is 0 Å². The van der Waals surface area contributed by atoms with Crippen LogP contribution in [-0.4, -0.2) is 0 Å². The zero-order valence-corrected chi connectivity index (χ0v) is 9.31. The molecule has 2 heteroatoms. The van der Waals surface area contributed by atoms with Gasteiger partial charge < -0.3 is 0 Å². The maximum absolute atomic E-state index is 3.42. The van der Waals surface area contributed by atoms with Gasteiger partial charge >= 0.3 is 0 Å². The van der Waals surface area contributed by atoms with Gasteiger partial charge in [-0.25, -0.2) is 0 Å². The van der Waals surface area contributed by atoms with Crippen LogP contribution in [0.5, 0.6) is 0 Å². The molecule has 0 aliphatic heterocycles. The van der Waals surface area contributed by atoms with E-state index in [1.165, 1.54) is 11.1 Å². The summed E-state index contributed by atoms with van der Waals surface area (Å²) in [6.45, 7) is 2.08. The molecule has 1 aromatic rings. The van der Waals surface area contributed by atoms with E-state index in [1.807, 2.05) is 4.99 Å². The van der Waals surface area contributed by atoms with Crippen LogP contribution in [0.15, 0.2) is 29.3 Å². The lowest BCUT2D eigenvalue weighted by Crippen LogP contribution is -1.75. The molecular formula is C9H8Br2. The van der Waals surface area contributed by atoms with Crippen LogP contribution in [0.2, 0.25) is 0 Å². The molecule has 0 spiro atoms. The molecule has 0 atom stereocenters. The van der Waals surface area contributed by atoms with Crippen LogP contribution in [0.25, 0.3) is 4.48 Å². The Balaban J connectivity index is 2.99. The Bertz CT molecular complexity index is 259. The normalized spacial score (nSPS) is 11.7. The first-order valence-corrected chi connectivity index (χ1v) is 4.98. The van der Waals surface area contributed by atoms with Gasteiger partial charge in [0.25, 0.3) is 0 Å². The van der Waals surface area contributed by atoms with Crippen molar-refractivity contribution >= 4 is 36.3 Å².